The number of nitrogens with one attached hydrogen (secondary N) is 3. The quantitative estimate of drug-likeness (QED) is 0.316. The molecule has 26 heavy (non-hydrogen) atoms. The minimum atomic E-state index is -0.386. The van der Waals surface area contributed by atoms with Gasteiger partial charge in [0.2, 0.25) is 11.8 Å². The molecule has 7 nitrogen and oxygen atoms in total. The zero-order valence-electron chi connectivity index (χ0n) is 15.3. The van der Waals surface area contributed by atoms with E-state index in [4.69, 9.17) is 5.84 Å². The molecule has 0 radical (unpaired) electrons. The molecule has 1 fully saturated rings. The van der Waals surface area contributed by atoms with E-state index in [1.54, 1.807) is 13.1 Å². The molecule has 1 aromatic rings. The molecule has 142 valence electrons. The summed E-state index contributed by atoms with van der Waals surface area (Å²) in [6, 6.07) is 7.60. The molecule has 1 aliphatic rings. The first-order valence-electron chi connectivity index (χ1n) is 9.21. The molecule has 0 heterocycles. The Hall–Kier alpha value is -2.41. The van der Waals surface area contributed by atoms with Gasteiger partial charge in [-0.1, -0.05) is 43.5 Å². The van der Waals surface area contributed by atoms with Crippen molar-refractivity contribution in [3.05, 3.63) is 35.4 Å². The number of nitrogens with zero attached hydrogens (tertiary/aromatic N) is 1. The highest BCUT2D eigenvalue weighted by molar-refractivity contribution is 5.87. The monoisotopic (exact) mass is 359 g/mol. The number of nitrogens with two attached hydrogens (primary N) is 1. The van der Waals surface area contributed by atoms with E-state index in [1.807, 2.05) is 24.3 Å². The molecule has 1 saturated carbocycles. The van der Waals surface area contributed by atoms with E-state index >= 15 is 0 Å². The van der Waals surface area contributed by atoms with E-state index in [9.17, 15) is 9.59 Å². The molecule has 1 aromatic carbocycles. The summed E-state index contributed by atoms with van der Waals surface area (Å²) in [5.74, 6) is 4.82. The van der Waals surface area contributed by atoms with Crippen molar-refractivity contribution in [1.29, 1.82) is 0 Å². The number of hydrazone groups is 1. The molecule has 1 aliphatic carbocycles. The fourth-order valence-corrected chi connectivity index (χ4v) is 3.02. The molecule has 0 bridgehead atoms. The molecule has 0 aliphatic heterocycles. The Labute approximate surface area is 154 Å². The van der Waals surface area contributed by atoms with Gasteiger partial charge in [-0.2, -0.15) is 5.10 Å². The molecule has 1 unspecified atom stereocenters. The highest BCUT2D eigenvalue weighted by atomic mass is 16.2. The van der Waals surface area contributed by atoms with Crippen LogP contribution in [0, 0.1) is 0 Å². The zero-order valence-corrected chi connectivity index (χ0v) is 15.3. The van der Waals surface area contributed by atoms with Crippen LogP contribution in [-0.4, -0.2) is 36.7 Å². The first-order chi connectivity index (χ1) is 12.6. The van der Waals surface area contributed by atoms with Crippen LogP contribution in [0.4, 0.5) is 0 Å². The predicted molar refractivity (Wildman–Crippen MR) is 103 cm³/mol. The SMILES string of the molecule is CC(NCc1ccc(C=NN)cc1)C(=O)NCC(=O)NC1CCCCC1. The van der Waals surface area contributed by atoms with E-state index in [0.29, 0.717) is 6.54 Å². The maximum absolute atomic E-state index is 12.1. The van der Waals surface area contributed by atoms with Crippen molar-refractivity contribution in [2.75, 3.05) is 6.54 Å². The second kappa shape index (κ2) is 10.6. The Balaban J connectivity index is 1.67. The minimum absolute atomic E-state index is 0.0223. The van der Waals surface area contributed by atoms with Gasteiger partial charge >= 0.3 is 0 Å². The first-order valence-corrected chi connectivity index (χ1v) is 9.21. The van der Waals surface area contributed by atoms with Gasteiger partial charge in [0.15, 0.2) is 0 Å². The van der Waals surface area contributed by atoms with Crippen LogP contribution < -0.4 is 21.8 Å². The van der Waals surface area contributed by atoms with Gasteiger partial charge in [0, 0.05) is 12.6 Å². The number of hydrogen-bond acceptors (Lipinski definition) is 5. The van der Waals surface area contributed by atoms with E-state index in [0.717, 1.165) is 36.8 Å². The van der Waals surface area contributed by atoms with E-state index in [1.165, 1.54) is 6.42 Å². The molecule has 5 N–H and O–H groups in total. The average Bonchev–Trinajstić information content (AvgIpc) is 2.66. The third-order valence-electron chi connectivity index (χ3n) is 4.60. The molecule has 0 saturated heterocycles. The lowest BCUT2D eigenvalue weighted by atomic mass is 9.95. The van der Waals surface area contributed by atoms with Crippen molar-refractivity contribution < 1.29 is 9.59 Å². The molecular weight excluding hydrogens is 330 g/mol. The first kappa shape index (κ1) is 19.9. The summed E-state index contributed by atoms with van der Waals surface area (Å²) >= 11 is 0. The lowest BCUT2D eigenvalue weighted by Gasteiger charge is -2.23. The third-order valence-corrected chi connectivity index (χ3v) is 4.60. The van der Waals surface area contributed by atoms with Gasteiger partial charge in [-0.05, 0) is 30.9 Å². The topological polar surface area (TPSA) is 109 Å². The highest BCUT2D eigenvalue weighted by Gasteiger charge is 2.17. The minimum Gasteiger partial charge on any atom is -0.352 e. The van der Waals surface area contributed by atoms with Gasteiger partial charge in [-0.25, -0.2) is 0 Å². The van der Waals surface area contributed by atoms with Gasteiger partial charge in [0.1, 0.15) is 0 Å². The Morgan fingerprint density at radius 3 is 2.58 bits per heavy atom. The fourth-order valence-electron chi connectivity index (χ4n) is 3.02. The van der Waals surface area contributed by atoms with E-state index in [-0.39, 0.29) is 30.4 Å². The number of rotatable bonds is 8. The Morgan fingerprint density at radius 2 is 1.92 bits per heavy atom. The summed E-state index contributed by atoms with van der Waals surface area (Å²) in [4.78, 5) is 24.1. The largest absolute Gasteiger partial charge is 0.352 e. The van der Waals surface area contributed by atoms with Gasteiger partial charge in [0.05, 0.1) is 18.8 Å². The van der Waals surface area contributed by atoms with Gasteiger partial charge in [-0.3, -0.25) is 9.59 Å². The maximum Gasteiger partial charge on any atom is 0.239 e. The molecule has 7 heteroatoms. The molecule has 0 aromatic heterocycles. The smallest absolute Gasteiger partial charge is 0.239 e. The van der Waals surface area contributed by atoms with Crippen LogP contribution in [-0.2, 0) is 16.1 Å². The zero-order chi connectivity index (χ0) is 18.8. The molecule has 1 atom stereocenters. The predicted octanol–water partition coefficient (Wildman–Crippen LogP) is 1.02. The summed E-state index contributed by atoms with van der Waals surface area (Å²) in [5.41, 5.74) is 1.97. The average molecular weight is 359 g/mol. The van der Waals surface area contributed by atoms with Crippen LogP contribution in [0.25, 0.3) is 0 Å². The fraction of sp³-hybridized carbons (Fsp3) is 0.526. The number of carbonyl (C=O) groups is 2. The van der Waals surface area contributed by atoms with Crippen LogP contribution >= 0.6 is 0 Å². The molecule has 0 spiro atoms. The van der Waals surface area contributed by atoms with Crippen molar-refractivity contribution in [1.82, 2.24) is 16.0 Å². The van der Waals surface area contributed by atoms with Crippen LogP contribution in [0.2, 0.25) is 0 Å². The van der Waals surface area contributed by atoms with Crippen molar-refractivity contribution in [2.45, 2.75) is 57.7 Å². The van der Waals surface area contributed by atoms with Gasteiger partial charge < -0.3 is 21.8 Å². The maximum atomic E-state index is 12.1. The normalized spacial score (nSPS) is 16.3. The van der Waals surface area contributed by atoms with Crippen molar-refractivity contribution in [3.8, 4) is 0 Å². The number of hydrogen-bond donors (Lipinski definition) is 4. The summed E-state index contributed by atoms with van der Waals surface area (Å²) < 4.78 is 0. The van der Waals surface area contributed by atoms with Gasteiger partial charge in [-0.15, -0.1) is 0 Å². The number of amides is 2. The third kappa shape index (κ3) is 6.84. The van der Waals surface area contributed by atoms with Crippen LogP contribution in [0.5, 0.6) is 0 Å². The molecule has 2 rings (SSSR count). The Kier molecular flexibility index (Phi) is 8.08. The van der Waals surface area contributed by atoms with Crippen molar-refractivity contribution in [3.63, 3.8) is 0 Å². The van der Waals surface area contributed by atoms with Crippen LogP contribution in [0.1, 0.15) is 50.2 Å². The van der Waals surface area contributed by atoms with Crippen LogP contribution in [0.15, 0.2) is 29.4 Å². The standard InChI is InChI=1S/C19H29N5O2/c1-14(21-11-15-7-9-16(10-8-15)12-23-20)19(26)22-13-18(25)24-17-5-3-2-4-6-17/h7-10,12,14,17,21H,2-6,11,13,20H2,1H3,(H,22,26)(H,24,25). The van der Waals surface area contributed by atoms with Gasteiger partial charge in [0.25, 0.3) is 0 Å². The lowest BCUT2D eigenvalue weighted by molar-refractivity contribution is -0.127. The van der Waals surface area contributed by atoms with Crippen LogP contribution in [0.3, 0.4) is 0 Å². The number of benzene rings is 1. The Morgan fingerprint density at radius 1 is 1.23 bits per heavy atom. The van der Waals surface area contributed by atoms with Crippen molar-refractivity contribution in [2.24, 2.45) is 10.9 Å². The summed E-state index contributed by atoms with van der Waals surface area (Å²) in [7, 11) is 0. The number of carbonyl (C=O) groups excluding carboxylic acids is 2. The summed E-state index contributed by atoms with van der Waals surface area (Å²) in [6.45, 7) is 2.36. The lowest BCUT2D eigenvalue weighted by Crippen LogP contribution is -2.47. The Bertz CT molecular complexity index is 609. The van der Waals surface area contributed by atoms with Crippen molar-refractivity contribution >= 4 is 18.0 Å². The summed E-state index contributed by atoms with van der Waals surface area (Å²) in [5, 5.41) is 12.3. The second-order valence-electron chi connectivity index (χ2n) is 6.74. The summed E-state index contributed by atoms with van der Waals surface area (Å²) in [6.07, 6.45) is 7.22. The molecular formula is C19H29N5O2. The van der Waals surface area contributed by atoms with E-state index in [2.05, 4.69) is 21.1 Å². The molecule has 2 amide bonds. The second-order valence-corrected chi connectivity index (χ2v) is 6.74. The highest BCUT2D eigenvalue weighted by Crippen LogP contribution is 2.17. The van der Waals surface area contributed by atoms with E-state index < -0.39 is 0 Å².